The van der Waals surface area contributed by atoms with E-state index in [0.717, 1.165) is 36.0 Å². The van der Waals surface area contributed by atoms with Crippen LogP contribution in [0.25, 0.3) is 16.3 Å². The quantitative estimate of drug-likeness (QED) is 0.830. The van der Waals surface area contributed by atoms with Gasteiger partial charge < -0.3 is 9.88 Å². The minimum atomic E-state index is 0.00271. The molecule has 18 heavy (non-hydrogen) atoms. The summed E-state index contributed by atoms with van der Waals surface area (Å²) in [5.41, 5.74) is 2.21. The highest BCUT2D eigenvalue weighted by Crippen LogP contribution is 2.21. The van der Waals surface area contributed by atoms with Crippen molar-refractivity contribution in [3.63, 3.8) is 0 Å². The van der Waals surface area contributed by atoms with Crippen molar-refractivity contribution in [1.29, 1.82) is 0 Å². The number of fused-ring (bicyclic) bond motifs is 1. The monoisotopic (exact) mass is 240 g/mol. The summed E-state index contributed by atoms with van der Waals surface area (Å²) in [4.78, 5) is 17.3. The molecule has 0 fully saturated rings. The number of nitrogens with zero attached hydrogens (tertiary/aromatic N) is 1. The number of rotatable bonds is 1. The second-order valence-corrected chi connectivity index (χ2v) is 4.84. The molecule has 3 heteroatoms. The number of hydrogen-bond acceptors (Lipinski definition) is 2. The number of nitrogens with one attached hydrogen (secondary N) is 1. The molecule has 3 nitrogen and oxygen atoms in total. The number of pyridine rings is 1. The van der Waals surface area contributed by atoms with Crippen LogP contribution in [0.4, 0.5) is 0 Å². The van der Waals surface area contributed by atoms with Crippen LogP contribution >= 0.6 is 0 Å². The Morgan fingerprint density at radius 2 is 2.11 bits per heavy atom. The van der Waals surface area contributed by atoms with Crippen LogP contribution in [0.1, 0.15) is 12.1 Å². The van der Waals surface area contributed by atoms with Gasteiger partial charge in [-0.1, -0.05) is 24.3 Å². The van der Waals surface area contributed by atoms with Crippen molar-refractivity contribution in [3.8, 4) is 0 Å². The summed E-state index contributed by atoms with van der Waals surface area (Å²) in [5.74, 6) is 0. The van der Waals surface area contributed by atoms with E-state index >= 15 is 0 Å². The second kappa shape index (κ2) is 4.42. The van der Waals surface area contributed by atoms with E-state index < -0.39 is 0 Å². The maximum Gasteiger partial charge on any atom is 0.256 e. The Balaban J connectivity index is 2.11. The molecule has 1 aromatic carbocycles. The Bertz CT molecular complexity index is 669. The lowest BCUT2D eigenvalue weighted by Gasteiger charge is -2.21. The zero-order valence-corrected chi connectivity index (χ0v) is 10.4. The summed E-state index contributed by atoms with van der Waals surface area (Å²) in [6.07, 6.45) is 3.19. The predicted octanol–water partition coefficient (Wildman–Crippen LogP) is 2.25. The van der Waals surface area contributed by atoms with Gasteiger partial charge in [0.1, 0.15) is 0 Å². The van der Waals surface area contributed by atoms with Gasteiger partial charge >= 0.3 is 0 Å². The normalized spacial score (nSPS) is 16.8. The molecule has 0 spiro atoms. The van der Waals surface area contributed by atoms with Gasteiger partial charge in [-0.2, -0.15) is 0 Å². The number of aromatic amines is 1. The van der Waals surface area contributed by atoms with Gasteiger partial charge in [0.2, 0.25) is 0 Å². The summed E-state index contributed by atoms with van der Waals surface area (Å²) in [6.45, 7) is 1.99. The van der Waals surface area contributed by atoms with Gasteiger partial charge in [-0.15, -0.1) is 0 Å². The van der Waals surface area contributed by atoms with Crippen LogP contribution in [0.15, 0.2) is 41.2 Å². The standard InChI is InChI=1S/C15H16N2O/c1-17-8-6-11(7-9-17)14-10-12-4-2-3-5-13(12)15(18)16-14/h2-6,10H,7-9H2,1H3,(H,16,18). The minimum Gasteiger partial charge on any atom is -0.322 e. The van der Waals surface area contributed by atoms with Crippen LogP contribution in [0.5, 0.6) is 0 Å². The molecule has 0 unspecified atom stereocenters. The number of likely N-dealkylation sites (N-methyl/N-ethyl adjacent to an activating group) is 1. The van der Waals surface area contributed by atoms with Gasteiger partial charge in [0.25, 0.3) is 5.56 Å². The largest absolute Gasteiger partial charge is 0.322 e. The summed E-state index contributed by atoms with van der Waals surface area (Å²) >= 11 is 0. The zero-order valence-electron chi connectivity index (χ0n) is 10.4. The fraction of sp³-hybridized carbons (Fsp3) is 0.267. The second-order valence-electron chi connectivity index (χ2n) is 4.84. The Labute approximate surface area is 106 Å². The molecule has 0 bridgehead atoms. The smallest absolute Gasteiger partial charge is 0.256 e. The average molecular weight is 240 g/mol. The van der Waals surface area contributed by atoms with E-state index in [0.29, 0.717) is 0 Å². The molecule has 0 atom stereocenters. The lowest BCUT2D eigenvalue weighted by atomic mass is 10.0. The van der Waals surface area contributed by atoms with Crippen LogP contribution in [0.2, 0.25) is 0 Å². The van der Waals surface area contributed by atoms with Gasteiger partial charge in [-0.05, 0) is 36.6 Å². The Hall–Kier alpha value is -1.87. The number of H-pyrrole nitrogens is 1. The fourth-order valence-corrected chi connectivity index (χ4v) is 2.40. The number of benzene rings is 1. The highest BCUT2D eigenvalue weighted by Gasteiger charge is 2.11. The predicted molar refractivity (Wildman–Crippen MR) is 74.7 cm³/mol. The maximum atomic E-state index is 12.0. The first kappa shape index (κ1) is 11.2. The molecular formula is C15H16N2O. The van der Waals surface area contributed by atoms with Crippen molar-refractivity contribution in [3.05, 3.63) is 52.5 Å². The molecule has 1 aromatic heterocycles. The van der Waals surface area contributed by atoms with E-state index in [2.05, 4.69) is 29.1 Å². The van der Waals surface area contributed by atoms with Crippen molar-refractivity contribution < 1.29 is 0 Å². The first-order valence-electron chi connectivity index (χ1n) is 6.24. The van der Waals surface area contributed by atoms with E-state index in [1.165, 1.54) is 5.57 Å². The Kier molecular flexibility index (Phi) is 2.76. The summed E-state index contributed by atoms with van der Waals surface area (Å²) in [6, 6.07) is 9.79. The van der Waals surface area contributed by atoms with Crippen molar-refractivity contribution in [2.45, 2.75) is 6.42 Å². The van der Waals surface area contributed by atoms with Gasteiger partial charge in [0.05, 0.1) is 0 Å². The summed E-state index contributed by atoms with van der Waals surface area (Å²) in [5, 5.41) is 1.77. The van der Waals surface area contributed by atoms with E-state index in [1.807, 2.05) is 24.3 Å². The molecule has 1 aliphatic rings. The number of hydrogen-bond donors (Lipinski definition) is 1. The molecule has 2 aromatic rings. The van der Waals surface area contributed by atoms with Crippen molar-refractivity contribution in [1.82, 2.24) is 9.88 Å². The highest BCUT2D eigenvalue weighted by molar-refractivity contribution is 5.84. The molecule has 3 rings (SSSR count). The molecule has 2 heterocycles. The molecule has 0 amide bonds. The third-order valence-corrected chi connectivity index (χ3v) is 3.51. The molecule has 0 aliphatic carbocycles. The average Bonchev–Trinajstić information content (AvgIpc) is 2.39. The SMILES string of the molecule is CN1CC=C(c2cc3ccccc3c(=O)[nH]2)CC1. The van der Waals surface area contributed by atoms with Crippen LogP contribution in [-0.2, 0) is 0 Å². The van der Waals surface area contributed by atoms with E-state index in [1.54, 1.807) is 0 Å². The molecule has 1 aliphatic heterocycles. The van der Waals surface area contributed by atoms with Gasteiger partial charge in [-0.25, -0.2) is 0 Å². The van der Waals surface area contributed by atoms with E-state index in [4.69, 9.17) is 0 Å². The van der Waals surface area contributed by atoms with Crippen LogP contribution in [0.3, 0.4) is 0 Å². The van der Waals surface area contributed by atoms with Crippen molar-refractivity contribution in [2.75, 3.05) is 20.1 Å². The van der Waals surface area contributed by atoms with E-state index in [9.17, 15) is 4.79 Å². The molecule has 0 radical (unpaired) electrons. The zero-order chi connectivity index (χ0) is 12.5. The molecule has 1 N–H and O–H groups in total. The Morgan fingerprint density at radius 3 is 2.89 bits per heavy atom. The maximum absolute atomic E-state index is 12.0. The molecule has 0 saturated carbocycles. The van der Waals surface area contributed by atoms with E-state index in [-0.39, 0.29) is 5.56 Å². The summed E-state index contributed by atoms with van der Waals surface area (Å²) in [7, 11) is 2.11. The minimum absolute atomic E-state index is 0.00271. The van der Waals surface area contributed by atoms with Gasteiger partial charge in [0, 0.05) is 24.2 Å². The van der Waals surface area contributed by atoms with Crippen molar-refractivity contribution in [2.24, 2.45) is 0 Å². The number of aromatic nitrogens is 1. The van der Waals surface area contributed by atoms with Crippen LogP contribution in [0, 0.1) is 0 Å². The van der Waals surface area contributed by atoms with Crippen LogP contribution < -0.4 is 5.56 Å². The van der Waals surface area contributed by atoms with Gasteiger partial charge in [-0.3, -0.25) is 4.79 Å². The lowest BCUT2D eigenvalue weighted by Crippen LogP contribution is -2.24. The molecule has 0 saturated heterocycles. The van der Waals surface area contributed by atoms with Crippen LogP contribution in [-0.4, -0.2) is 30.0 Å². The fourth-order valence-electron chi connectivity index (χ4n) is 2.40. The van der Waals surface area contributed by atoms with Crippen molar-refractivity contribution >= 4 is 16.3 Å². The van der Waals surface area contributed by atoms with Gasteiger partial charge in [0.15, 0.2) is 0 Å². The first-order chi connectivity index (χ1) is 8.74. The lowest BCUT2D eigenvalue weighted by molar-refractivity contribution is 0.369. The first-order valence-corrected chi connectivity index (χ1v) is 6.24. The highest BCUT2D eigenvalue weighted by atomic mass is 16.1. The Morgan fingerprint density at radius 1 is 1.28 bits per heavy atom. The third-order valence-electron chi connectivity index (χ3n) is 3.51. The third kappa shape index (κ3) is 1.97. The topological polar surface area (TPSA) is 36.1 Å². The molecule has 92 valence electrons. The molecular weight excluding hydrogens is 224 g/mol. The summed E-state index contributed by atoms with van der Waals surface area (Å²) < 4.78 is 0.